The van der Waals surface area contributed by atoms with Gasteiger partial charge in [-0.3, -0.25) is 0 Å². The molecule has 0 radical (unpaired) electrons. The number of nitrogens with one attached hydrogen (secondary N) is 1. The van der Waals surface area contributed by atoms with Gasteiger partial charge in [0.1, 0.15) is 11.6 Å². The Balaban J connectivity index is 2.50. The van der Waals surface area contributed by atoms with E-state index >= 15 is 0 Å². The second-order valence-corrected chi connectivity index (χ2v) is 3.90. The van der Waals surface area contributed by atoms with Gasteiger partial charge in [0.15, 0.2) is 6.10 Å². The van der Waals surface area contributed by atoms with E-state index in [9.17, 15) is 27.1 Å². The monoisotopic (exact) mass is 285 g/mol. The van der Waals surface area contributed by atoms with E-state index in [0.717, 1.165) is 12.1 Å². The fourth-order valence-corrected chi connectivity index (χ4v) is 1.35. The summed E-state index contributed by atoms with van der Waals surface area (Å²) in [5, 5.41) is 20.3. The first kappa shape index (κ1) is 15.8. The van der Waals surface area contributed by atoms with E-state index in [1.54, 1.807) is 0 Å². The first-order valence-corrected chi connectivity index (χ1v) is 5.30. The zero-order chi connectivity index (χ0) is 14.6. The van der Waals surface area contributed by atoms with Crippen LogP contribution in [0.15, 0.2) is 18.2 Å². The molecule has 2 unspecified atom stereocenters. The number of aliphatic hydroxyl groups excluding tert-OH is 2. The standard InChI is InChI=1S/C11H12F5NO2/c12-6-1-2-7(8(13)3-6)9(18)4-17-5-10(19)11(14,15)16/h1-3,9-10,17-19H,4-5H2. The average Bonchev–Trinajstić information content (AvgIpc) is 2.27. The smallest absolute Gasteiger partial charge is 0.387 e. The maximum Gasteiger partial charge on any atom is 0.415 e. The molecule has 0 aromatic heterocycles. The highest BCUT2D eigenvalue weighted by Crippen LogP contribution is 2.20. The third-order valence-electron chi connectivity index (χ3n) is 2.37. The van der Waals surface area contributed by atoms with E-state index in [1.807, 2.05) is 0 Å². The lowest BCUT2D eigenvalue weighted by Crippen LogP contribution is -2.39. The first-order chi connectivity index (χ1) is 8.71. The Labute approximate surface area is 105 Å². The third kappa shape index (κ3) is 4.73. The van der Waals surface area contributed by atoms with E-state index in [4.69, 9.17) is 5.11 Å². The van der Waals surface area contributed by atoms with E-state index in [2.05, 4.69) is 5.32 Å². The van der Waals surface area contributed by atoms with Gasteiger partial charge >= 0.3 is 6.18 Å². The van der Waals surface area contributed by atoms with Crippen molar-refractivity contribution in [1.82, 2.24) is 5.32 Å². The number of halogens is 5. The van der Waals surface area contributed by atoms with Crippen LogP contribution < -0.4 is 5.32 Å². The molecule has 0 spiro atoms. The topological polar surface area (TPSA) is 52.5 Å². The van der Waals surface area contributed by atoms with E-state index in [0.29, 0.717) is 6.07 Å². The van der Waals surface area contributed by atoms with Crippen LogP contribution in [0.4, 0.5) is 22.0 Å². The van der Waals surface area contributed by atoms with Gasteiger partial charge < -0.3 is 15.5 Å². The molecule has 0 amide bonds. The van der Waals surface area contributed by atoms with Gasteiger partial charge in [-0.15, -0.1) is 0 Å². The molecule has 0 heterocycles. The summed E-state index contributed by atoms with van der Waals surface area (Å²) in [5.41, 5.74) is -0.240. The van der Waals surface area contributed by atoms with Crippen LogP contribution in [0.25, 0.3) is 0 Å². The fraction of sp³-hybridized carbons (Fsp3) is 0.455. The van der Waals surface area contributed by atoms with E-state index in [-0.39, 0.29) is 5.56 Å². The van der Waals surface area contributed by atoms with Gasteiger partial charge in [-0.05, 0) is 6.07 Å². The van der Waals surface area contributed by atoms with Crippen LogP contribution in [-0.2, 0) is 0 Å². The normalized spacial score (nSPS) is 15.3. The lowest BCUT2D eigenvalue weighted by molar-refractivity contribution is -0.202. The second kappa shape index (κ2) is 6.27. The summed E-state index contributed by atoms with van der Waals surface area (Å²) < 4.78 is 61.7. The fourth-order valence-electron chi connectivity index (χ4n) is 1.35. The Hall–Kier alpha value is -1.25. The third-order valence-corrected chi connectivity index (χ3v) is 2.37. The molecule has 3 N–H and O–H groups in total. The van der Waals surface area contributed by atoms with Gasteiger partial charge in [-0.2, -0.15) is 13.2 Å². The molecule has 0 aliphatic carbocycles. The molecular weight excluding hydrogens is 273 g/mol. The van der Waals surface area contributed by atoms with Crippen molar-refractivity contribution in [3.63, 3.8) is 0 Å². The SMILES string of the molecule is OC(CNCC(O)C(F)(F)F)c1ccc(F)cc1F. The summed E-state index contributed by atoms with van der Waals surface area (Å²) in [6, 6.07) is 2.48. The highest BCUT2D eigenvalue weighted by atomic mass is 19.4. The van der Waals surface area contributed by atoms with Crippen LogP contribution >= 0.6 is 0 Å². The molecule has 1 aromatic rings. The Kier molecular flexibility index (Phi) is 5.21. The van der Waals surface area contributed by atoms with Crippen molar-refractivity contribution < 1.29 is 32.2 Å². The summed E-state index contributed by atoms with van der Waals surface area (Å²) in [6.45, 7) is -1.24. The Bertz CT molecular complexity index is 424. The molecule has 1 rings (SSSR count). The van der Waals surface area contributed by atoms with Crippen LogP contribution in [0.2, 0.25) is 0 Å². The van der Waals surface area contributed by atoms with Crippen molar-refractivity contribution in [3.05, 3.63) is 35.4 Å². The van der Waals surface area contributed by atoms with Crippen LogP contribution in [0.1, 0.15) is 11.7 Å². The van der Waals surface area contributed by atoms with Gasteiger partial charge in [0.25, 0.3) is 0 Å². The van der Waals surface area contributed by atoms with Gasteiger partial charge in [0.05, 0.1) is 6.10 Å². The first-order valence-electron chi connectivity index (χ1n) is 5.30. The summed E-state index contributed by atoms with van der Waals surface area (Å²) in [4.78, 5) is 0. The van der Waals surface area contributed by atoms with Crippen molar-refractivity contribution in [3.8, 4) is 0 Å². The number of alkyl halides is 3. The molecule has 3 nitrogen and oxygen atoms in total. The minimum absolute atomic E-state index is 0.240. The minimum Gasteiger partial charge on any atom is -0.387 e. The lowest BCUT2D eigenvalue weighted by Gasteiger charge is -2.17. The molecule has 1 aromatic carbocycles. The molecule has 108 valence electrons. The van der Waals surface area contributed by atoms with Crippen LogP contribution in [-0.4, -0.2) is 35.6 Å². The van der Waals surface area contributed by atoms with E-state index < -0.39 is 43.1 Å². The van der Waals surface area contributed by atoms with Crippen molar-refractivity contribution >= 4 is 0 Å². The number of rotatable bonds is 5. The highest BCUT2D eigenvalue weighted by Gasteiger charge is 2.37. The summed E-state index contributed by atoms with van der Waals surface area (Å²) in [5.74, 6) is -1.82. The van der Waals surface area contributed by atoms with Crippen LogP contribution in [0, 0.1) is 11.6 Å². The molecule has 0 saturated heterocycles. The molecule has 19 heavy (non-hydrogen) atoms. The Morgan fingerprint density at radius 2 is 1.74 bits per heavy atom. The predicted molar refractivity (Wildman–Crippen MR) is 56.2 cm³/mol. The molecule has 0 bridgehead atoms. The number of hydrogen-bond donors (Lipinski definition) is 3. The molecule has 8 heteroatoms. The summed E-state index contributed by atoms with van der Waals surface area (Å²) >= 11 is 0. The number of benzene rings is 1. The second-order valence-electron chi connectivity index (χ2n) is 3.90. The number of hydrogen-bond acceptors (Lipinski definition) is 3. The zero-order valence-corrected chi connectivity index (χ0v) is 9.59. The quantitative estimate of drug-likeness (QED) is 0.719. The van der Waals surface area contributed by atoms with Crippen molar-refractivity contribution in [2.75, 3.05) is 13.1 Å². The van der Waals surface area contributed by atoms with Crippen molar-refractivity contribution in [2.45, 2.75) is 18.4 Å². The van der Waals surface area contributed by atoms with Gasteiger partial charge in [-0.1, -0.05) is 6.07 Å². The molecule has 0 fully saturated rings. The predicted octanol–water partition coefficient (Wildman–Crippen LogP) is 1.51. The molecule has 0 aliphatic rings. The summed E-state index contributed by atoms with van der Waals surface area (Å²) in [6.07, 6.45) is -8.78. The van der Waals surface area contributed by atoms with Crippen molar-refractivity contribution in [1.29, 1.82) is 0 Å². The van der Waals surface area contributed by atoms with E-state index in [1.165, 1.54) is 0 Å². The van der Waals surface area contributed by atoms with Crippen molar-refractivity contribution in [2.24, 2.45) is 0 Å². The molecule has 2 atom stereocenters. The van der Waals surface area contributed by atoms with Crippen LogP contribution in [0.5, 0.6) is 0 Å². The molecular formula is C11H12F5NO2. The van der Waals surface area contributed by atoms with Gasteiger partial charge in [0.2, 0.25) is 0 Å². The molecule has 0 aliphatic heterocycles. The number of aliphatic hydroxyl groups is 2. The highest BCUT2D eigenvalue weighted by molar-refractivity contribution is 5.21. The van der Waals surface area contributed by atoms with Crippen LogP contribution in [0.3, 0.4) is 0 Å². The maximum absolute atomic E-state index is 13.2. The zero-order valence-electron chi connectivity index (χ0n) is 9.59. The Morgan fingerprint density at radius 3 is 2.26 bits per heavy atom. The minimum atomic E-state index is -4.76. The Morgan fingerprint density at radius 1 is 1.11 bits per heavy atom. The summed E-state index contributed by atoms with van der Waals surface area (Å²) in [7, 11) is 0. The maximum atomic E-state index is 13.2. The largest absolute Gasteiger partial charge is 0.415 e. The molecule has 0 saturated carbocycles. The van der Waals surface area contributed by atoms with Gasteiger partial charge in [-0.25, -0.2) is 8.78 Å². The lowest BCUT2D eigenvalue weighted by atomic mass is 10.1. The van der Waals surface area contributed by atoms with Gasteiger partial charge in [0, 0.05) is 24.7 Å². The average molecular weight is 285 g/mol.